The van der Waals surface area contributed by atoms with Crippen molar-refractivity contribution in [2.24, 2.45) is 0 Å². The first-order chi connectivity index (χ1) is 15.3. The van der Waals surface area contributed by atoms with Crippen molar-refractivity contribution >= 4 is 39.7 Å². The van der Waals surface area contributed by atoms with E-state index in [0.717, 1.165) is 49.0 Å². The lowest BCUT2D eigenvalue weighted by atomic mass is 10.1. The number of piperazine rings is 1. The second-order valence-electron chi connectivity index (χ2n) is 7.52. The number of ketones is 1. The van der Waals surface area contributed by atoms with Crippen LogP contribution in [0.2, 0.25) is 0 Å². The zero-order chi connectivity index (χ0) is 23.3. The maximum atomic E-state index is 12.7. The Kier molecular flexibility index (Phi) is 7.87. The maximum Gasteiger partial charge on any atom is 0.341 e. The summed E-state index contributed by atoms with van der Waals surface area (Å²) in [6.07, 6.45) is 0. The Morgan fingerprint density at radius 3 is 2.44 bits per heavy atom. The van der Waals surface area contributed by atoms with Gasteiger partial charge in [-0.1, -0.05) is 12.1 Å². The highest BCUT2D eigenvalue weighted by Crippen LogP contribution is 2.34. The predicted octanol–water partition coefficient (Wildman–Crippen LogP) is 3.21. The Balaban J connectivity index is 1.64. The number of carbonyl (C=O) groups excluding carboxylic acids is 3. The van der Waals surface area contributed by atoms with Crippen molar-refractivity contribution in [1.29, 1.82) is 0 Å². The molecular formula is C23H29N3O5S. The number of thiophene rings is 1. The first kappa shape index (κ1) is 23.7. The van der Waals surface area contributed by atoms with Gasteiger partial charge in [-0.05, 0) is 38.5 Å². The molecule has 8 nitrogen and oxygen atoms in total. The fourth-order valence-electron chi connectivity index (χ4n) is 3.79. The first-order valence-electron chi connectivity index (χ1n) is 10.6. The smallest absolute Gasteiger partial charge is 0.341 e. The molecule has 1 saturated heterocycles. The lowest BCUT2D eigenvalue weighted by Gasteiger charge is -2.36. The van der Waals surface area contributed by atoms with E-state index in [0.29, 0.717) is 15.4 Å². The summed E-state index contributed by atoms with van der Waals surface area (Å²) in [6, 6.07) is 7.90. The van der Waals surface area contributed by atoms with Crippen molar-refractivity contribution < 1.29 is 23.9 Å². The third-order valence-electron chi connectivity index (χ3n) is 5.36. The minimum atomic E-state index is -0.533. The topological polar surface area (TPSA) is 88.2 Å². The lowest BCUT2D eigenvalue weighted by Crippen LogP contribution is -2.48. The first-order valence-corrected chi connectivity index (χ1v) is 11.4. The molecule has 172 valence electrons. The van der Waals surface area contributed by atoms with Gasteiger partial charge in [-0.3, -0.25) is 14.5 Å². The average Bonchev–Trinajstić information content (AvgIpc) is 3.10. The molecule has 9 heteroatoms. The minimum Gasteiger partial charge on any atom is -0.495 e. The number of ether oxygens (including phenoxy) is 2. The molecule has 0 radical (unpaired) electrons. The summed E-state index contributed by atoms with van der Waals surface area (Å²) in [7, 11) is 1.66. The van der Waals surface area contributed by atoms with Crippen molar-refractivity contribution in [3.63, 3.8) is 0 Å². The van der Waals surface area contributed by atoms with E-state index in [4.69, 9.17) is 9.47 Å². The molecule has 1 aliphatic rings. The second kappa shape index (κ2) is 10.6. The predicted molar refractivity (Wildman–Crippen MR) is 125 cm³/mol. The molecule has 0 atom stereocenters. The summed E-state index contributed by atoms with van der Waals surface area (Å²) in [5.41, 5.74) is 1.85. The summed E-state index contributed by atoms with van der Waals surface area (Å²) < 4.78 is 10.6. The summed E-state index contributed by atoms with van der Waals surface area (Å²) in [5, 5.41) is 3.19. The number of amides is 1. The van der Waals surface area contributed by atoms with Crippen LogP contribution in [0.4, 0.5) is 10.7 Å². The fraction of sp³-hybridized carbons (Fsp3) is 0.435. The molecule has 1 N–H and O–H groups in total. The van der Waals surface area contributed by atoms with E-state index in [1.807, 2.05) is 24.3 Å². The molecule has 0 bridgehead atoms. The summed E-state index contributed by atoms with van der Waals surface area (Å²) in [5.74, 6) is -0.0716. The van der Waals surface area contributed by atoms with Crippen LogP contribution in [0.5, 0.6) is 5.75 Å². The van der Waals surface area contributed by atoms with Crippen molar-refractivity contribution in [2.75, 3.05) is 56.7 Å². The van der Waals surface area contributed by atoms with E-state index >= 15 is 0 Å². The number of nitrogens with one attached hydrogen (secondary N) is 1. The Morgan fingerprint density at radius 1 is 1.12 bits per heavy atom. The SMILES string of the molecule is CCOC(=O)c1c(NC(=O)CN2CCN(c3ccccc3OC)CC2)sc(C(C)=O)c1C. The normalized spacial score (nSPS) is 14.2. The molecule has 2 heterocycles. The quantitative estimate of drug-likeness (QED) is 0.479. The van der Waals surface area contributed by atoms with Gasteiger partial charge < -0.3 is 19.7 Å². The molecule has 32 heavy (non-hydrogen) atoms. The number of nitrogens with zero attached hydrogens (tertiary/aromatic N) is 2. The van der Waals surface area contributed by atoms with Crippen molar-refractivity contribution in [3.05, 3.63) is 40.3 Å². The lowest BCUT2D eigenvalue weighted by molar-refractivity contribution is -0.117. The number of rotatable bonds is 8. The van der Waals surface area contributed by atoms with Gasteiger partial charge in [0.15, 0.2) is 5.78 Å². The maximum absolute atomic E-state index is 12.7. The number of hydrogen-bond acceptors (Lipinski definition) is 8. The van der Waals surface area contributed by atoms with Crippen molar-refractivity contribution in [1.82, 2.24) is 4.90 Å². The van der Waals surface area contributed by atoms with Crippen LogP contribution in [-0.2, 0) is 9.53 Å². The number of hydrogen-bond donors (Lipinski definition) is 1. The van der Waals surface area contributed by atoms with Crippen LogP contribution in [0.1, 0.15) is 39.4 Å². The van der Waals surface area contributed by atoms with E-state index in [9.17, 15) is 14.4 Å². The summed E-state index contributed by atoms with van der Waals surface area (Å²) in [6.45, 7) is 8.27. The summed E-state index contributed by atoms with van der Waals surface area (Å²) in [4.78, 5) is 41.8. The number of carbonyl (C=O) groups is 3. The van der Waals surface area contributed by atoms with Crippen LogP contribution < -0.4 is 15.0 Å². The van der Waals surface area contributed by atoms with E-state index in [2.05, 4.69) is 15.1 Å². The largest absolute Gasteiger partial charge is 0.495 e. The molecule has 0 spiro atoms. The van der Waals surface area contributed by atoms with E-state index in [1.54, 1.807) is 21.0 Å². The zero-order valence-electron chi connectivity index (χ0n) is 18.9. The summed E-state index contributed by atoms with van der Waals surface area (Å²) >= 11 is 1.12. The van der Waals surface area contributed by atoms with Crippen LogP contribution >= 0.6 is 11.3 Å². The molecule has 3 rings (SSSR count). The molecule has 1 aromatic carbocycles. The van der Waals surface area contributed by atoms with Crippen LogP contribution in [0.25, 0.3) is 0 Å². The van der Waals surface area contributed by atoms with Crippen molar-refractivity contribution in [3.8, 4) is 5.75 Å². The third-order valence-corrected chi connectivity index (χ3v) is 6.67. The van der Waals surface area contributed by atoms with Gasteiger partial charge in [0.1, 0.15) is 10.8 Å². The number of Topliss-reactive ketones (excluding diaryl/α,β-unsaturated/α-hetero) is 1. The van der Waals surface area contributed by atoms with Gasteiger partial charge in [-0.2, -0.15) is 0 Å². The third kappa shape index (κ3) is 5.28. The van der Waals surface area contributed by atoms with Crippen LogP contribution in [0.15, 0.2) is 24.3 Å². The molecule has 0 aliphatic carbocycles. The van der Waals surface area contributed by atoms with Crippen LogP contribution in [0.3, 0.4) is 0 Å². The Hall–Kier alpha value is -2.91. The highest BCUT2D eigenvalue weighted by atomic mass is 32.1. The number of anilines is 2. The zero-order valence-corrected chi connectivity index (χ0v) is 19.7. The van der Waals surface area contributed by atoms with E-state index in [1.165, 1.54) is 6.92 Å². The molecule has 2 aromatic rings. The van der Waals surface area contributed by atoms with Crippen LogP contribution in [-0.4, -0.2) is 69.0 Å². The van der Waals surface area contributed by atoms with Crippen molar-refractivity contribution in [2.45, 2.75) is 20.8 Å². The molecule has 1 fully saturated rings. The van der Waals surface area contributed by atoms with E-state index < -0.39 is 5.97 Å². The number of benzene rings is 1. The van der Waals surface area contributed by atoms with Gasteiger partial charge in [0.2, 0.25) is 5.91 Å². The highest BCUT2D eigenvalue weighted by Gasteiger charge is 2.26. The highest BCUT2D eigenvalue weighted by molar-refractivity contribution is 7.18. The van der Waals surface area contributed by atoms with Gasteiger partial charge in [0.25, 0.3) is 0 Å². The Bertz CT molecular complexity index is 996. The average molecular weight is 460 g/mol. The van der Waals surface area contributed by atoms with E-state index in [-0.39, 0.29) is 30.4 Å². The molecule has 0 saturated carbocycles. The molecule has 0 unspecified atom stereocenters. The molecule has 1 aliphatic heterocycles. The van der Waals surface area contributed by atoms with Gasteiger partial charge in [-0.15, -0.1) is 11.3 Å². The molecule has 1 aromatic heterocycles. The van der Waals surface area contributed by atoms with Gasteiger partial charge in [0.05, 0.1) is 36.4 Å². The Morgan fingerprint density at radius 2 is 1.81 bits per heavy atom. The molecule has 1 amide bonds. The standard InChI is InChI=1S/C23H29N3O5S/c1-5-31-23(29)20-15(2)21(16(3)27)32-22(20)24-19(28)14-25-10-12-26(13-11-25)17-8-6-7-9-18(17)30-4/h6-9H,5,10-14H2,1-4H3,(H,24,28). The fourth-order valence-corrected chi connectivity index (χ4v) is 4.90. The van der Waals surface area contributed by atoms with Gasteiger partial charge in [-0.25, -0.2) is 4.79 Å². The van der Waals surface area contributed by atoms with Gasteiger partial charge in [0, 0.05) is 26.2 Å². The van der Waals surface area contributed by atoms with Gasteiger partial charge >= 0.3 is 5.97 Å². The number of methoxy groups -OCH3 is 1. The molecular weight excluding hydrogens is 430 g/mol. The monoisotopic (exact) mass is 459 g/mol. The van der Waals surface area contributed by atoms with Crippen LogP contribution in [0, 0.1) is 6.92 Å². The Labute approximate surface area is 192 Å². The second-order valence-corrected chi connectivity index (χ2v) is 8.54. The minimum absolute atomic E-state index is 0.147. The number of para-hydroxylation sites is 2. The number of esters is 1.